The zero-order chi connectivity index (χ0) is 10.6. The predicted molar refractivity (Wildman–Crippen MR) is 75.0 cm³/mol. The van der Waals surface area contributed by atoms with Gasteiger partial charge in [0.05, 0.1) is 0 Å². The van der Waals surface area contributed by atoms with E-state index in [-0.39, 0.29) is 0 Å². The first-order valence-electron chi connectivity index (χ1n) is 6.15. The van der Waals surface area contributed by atoms with E-state index in [1.54, 1.807) is 3.58 Å². The summed E-state index contributed by atoms with van der Waals surface area (Å²) in [5, 5.41) is 0. The van der Waals surface area contributed by atoms with E-state index in [2.05, 4.69) is 42.5 Å². The van der Waals surface area contributed by atoms with Crippen molar-refractivity contribution in [3.8, 4) is 0 Å². The highest BCUT2D eigenvalue weighted by Gasteiger charge is 1.91. The van der Waals surface area contributed by atoms with Crippen LogP contribution in [0.5, 0.6) is 0 Å². The monoisotopic (exact) mass is 308 g/mol. The smallest absolute Gasteiger partial charge is 0.0134 e. The second-order valence-corrected chi connectivity index (χ2v) is 5.34. The lowest BCUT2D eigenvalue weighted by Gasteiger charge is -1.99. The van der Waals surface area contributed by atoms with Crippen LogP contribution in [0.2, 0.25) is 0 Å². The average Bonchev–Trinajstić information content (AvgIpc) is 2.17. The highest BCUT2D eigenvalue weighted by atomic mass is 127. The molecule has 0 fully saturated rings. The minimum atomic E-state index is 1.27. The van der Waals surface area contributed by atoms with Crippen molar-refractivity contribution in [2.45, 2.75) is 71.6 Å². The van der Waals surface area contributed by atoms with Crippen LogP contribution in [0.25, 0.3) is 0 Å². The zero-order valence-corrected chi connectivity index (χ0v) is 12.0. The van der Waals surface area contributed by atoms with E-state index in [0.717, 1.165) is 0 Å². The second-order valence-electron chi connectivity index (χ2n) is 3.96. The average molecular weight is 308 g/mol. The molecule has 0 aromatic carbocycles. The highest BCUT2D eigenvalue weighted by Crippen LogP contribution is 2.15. The highest BCUT2D eigenvalue weighted by molar-refractivity contribution is 14.1. The normalized spacial score (nSPS) is 12.1. The van der Waals surface area contributed by atoms with Crippen LogP contribution in [-0.4, -0.2) is 0 Å². The van der Waals surface area contributed by atoms with Crippen molar-refractivity contribution >= 4 is 22.6 Å². The molecule has 0 aromatic heterocycles. The molecule has 0 rings (SSSR count). The molecule has 0 spiro atoms. The summed E-state index contributed by atoms with van der Waals surface area (Å²) < 4.78 is 1.55. The molecule has 0 heterocycles. The van der Waals surface area contributed by atoms with Crippen LogP contribution in [-0.2, 0) is 0 Å². The maximum absolute atomic E-state index is 2.48. The van der Waals surface area contributed by atoms with E-state index >= 15 is 0 Å². The molecule has 0 amide bonds. The Balaban J connectivity index is 3.15. The molecule has 0 unspecified atom stereocenters. The number of allylic oxidation sites excluding steroid dienone is 2. The Kier molecular flexibility index (Phi) is 11.9. The third-order valence-corrected chi connectivity index (χ3v) is 3.39. The second kappa shape index (κ2) is 11.5. The molecule has 0 saturated carbocycles. The van der Waals surface area contributed by atoms with Crippen molar-refractivity contribution in [3.05, 3.63) is 9.66 Å². The number of halogens is 1. The topological polar surface area (TPSA) is 0 Å². The van der Waals surface area contributed by atoms with Crippen LogP contribution in [0.3, 0.4) is 0 Å². The van der Waals surface area contributed by atoms with Gasteiger partial charge >= 0.3 is 0 Å². The molecule has 0 radical (unpaired) electrons. The van der Waals surface area contributed by atoms with E-state index in [1.807, 2.05) is 0 Å². The number of unbranched alkanes of at least 4 members (excludes halogenated alkanes) is 6. The number of hydrogen-bond donors (Lipinski definition) is 0. The molecule has 1 heteroatoms. The van der Waals surface area contributed by atoms with Gasteiger partial charge in [-0.2, -0.15) is 0 Å². The van der Waals surface area contributed by atoms with E-state index in [4.69, 9.17) is 0 Å². The maximum Gasteiger partial charge on any atom is -0.0134 e. The molecule has 0 N–H and O–H groups in total. The third kappa shape index (κ3) is 10.6. The fourth-order valence-corrected chi connectivity index (χ4v) is 2.38. The fraction of sp³-hybridized carbons (Fsp3) is 0.846. The summed E-state index contributed by atoms with van der Waals surface area (Å²) in [7, 11) is 0. The summed E-state index contributed by atoms with van der Waals surface area (Å²) in [4.78, 5) is 0. The Morgan fingerprint density at radius 1 is 0.929 bits per heavy atom. The van der Waals surface area contributed by atoms with Crippen molar-refractivity contribution in [1.29, 1.82) is 0 Å². The van der Waals surface area contributed by atoms with Gasteiger partial charge < -0.3 is 0 Å². The zero-order valence-electron chi connectivity index (χ0n) is 9.82. The molecule has 0 bridgehead atoms. The minimum Gasteiger partial charge on any atom is -0.0752 e. The van der Waals surface area contributed by atoms with Gasteiger partial charge in [-0.15, -0.1) is 0 Å². The fourth-order valence-electron chi connectivity index (χ4n) is 1.52. The van der Waals surface area contributed by atoms with Crippen molar-refractivity contribution in [2.24, 2.45) is 0 Å². The van der Waals surface area contributed by atoms with Gasteiger partial charge in [0, 0.05) is 0 Å². The van der Waals surface area contributed by atoms with Crippen LogP contribution in [0.4, 0.5) is 0 Å². The lowest BCUT2D eigenvalue weighted by molar-refractivity contribution is 0.611. The standard InChI is InChI=1S/C13H25I/c1-3-5-6-7-8-9-10-12-13(14)11-4-2/h12H,3-11H2,1-2H3/b13-12+. The number of rotatable bonds is 9. The van der Waals surface area contributed by atoms with Crippen LogP contribution in [0, 0.1) is 0 Å². The molecule has 0 saturated heterocycles. The molecular weight excluding hydrogens is 283 g/mol. The van der Waals surface area contributed by atoms with Gasteiger partial charge in [0.1, 0.15) is 0 Å². The molecule has 0 nitrogen and oxygen atoms in total. The Morgan fingerprint density at radius 2 is 1.57 bits per heavy atom. The molecule has 84 valence electrons. The first kappa shape index (κ1) is 14.5. The summed E-state index contributed by atoms with van der Waals surface area (Å²) >= 11 is 2.48. The summed E-state index contributed by atoms with van der Waals surface area (Å²) in [6.45, 7) is 4.52. The van der Waals surface area contributed by atoms with Crippen molar-refractivity contribution in [2.75, 3.05) is 0 Å². The minimum absolute atomic E-state index is 1.27. The Bertz CT molecular complexity index is 138. The molecule has 0 atom stereocenters. The van der Waals surface area contributed by atoms with Crippen molar-refractivity contribution in [3.63, 3.8) is 0 Å². The van der Waals surface area contributed by atoms with Crippen LogP contribution >= 0.6 is 22.6 Å². The summed E-state index contributed by atoms with van der Waals surface area (Å²) in [5.41, 5.74) is 0. The molecule has 0 aromatic rings. The van der Waals surface area contributed by atoms with Crippen LogP contribution in [0.15, 0.2) is 9.66 Å². The SMILES string of the molecule is CCCCCCCC/C=C(/I)CCC. The maximum atomic E-state index is 2.48. The Morgan fingerprint density at radius 3 is 2.21 bits per heavy atom. The van der Waals surface area contributed by atoms with Crippen molar-refractivity contribution < 1.29 is 0 Å². The molecular formula is C13H25I. The van der Waals surface area contributed by atoms with Gasteiger partial charge in [0.2, 0.25) is 0 Å². The van der Waals surface area contributed by atoms with Gasteiger partial charge in [-0.25, -0.2) is 0 Å². The van der Waals surface area contributed by atoms with Gasteiger partial charge in [-0.1, -0.05) is 58.4 Å². The van der Waals surface area contributed by atoms with Crippen LogP contribution in [0.1, 0.15) is 71.6 Å². The quantitative estimate of drug-likeness (QED) is 0.370. The lowest BCUT2D eigenvalue weighted by atomic mass is 10.1. The Labute approximate surface area is 104 Å². The molecule has 14 heavy (non-hydrogen) atoms. The third-order valence-electron chi connectivity index (χ3n) is 2.41. The van der Waals surface area contributed by atoms with E-state index < -0.39 is 0 Å². The largest absolute Gasteiger partial charge is 0.0752 e. The lowest BCUT2D eigenvalue weighted by Crippen LogP contribution is -1.78. The Hall–Kier alpha value is 0.470. The van der Waals surface area contributed by atoms with Gasteiger partial charge in [0.15, 0.2) is 0 Å². The first-order chi connectivity index (χ1) is 6.81. The summed E-state index contributed by atoms with van der Waals surface area (Å²) in [6.07, 6.45) is 14.7. The van der Waals surface area contributed by atoms with E-state index in [0.29, 0.717) is 0 Å². The van der Waals surface area contributed by atoms with E-state index in [9.17, 15) is 0 Å². The predicted octanol–water partition coefficient (Wildman–Crippen LogP) is 5.86. The van der Waals surface area contributed by atoms with Crippen molar-refractivity contribution in [1.82, 2.24) is 0 Å². The first-order valence-corrected chi connectivity index (χ1v) is 7.23. The van der Waals surface area contributed by atoms with Gasteiger partial charge in [-0.05, 0) is 45.4 Å². The summed E-state index contributed by atoms with van der Waals surface area (Å²) in [6, 6.07) is 0. The molecule has 0 aliphatic heterocycles. The molecule has 0 aliphatic rings. The van der Waals surface area contributed by atoms with Gasteiger partial charge in [-0.3, -0.25) is 0 Å². The van der Waals surface area contributed by atoms with Gasteiger partial charge in [0.25, 0.3) is 0 Å². The molecule has 0 aliphatic carbocycles. The summed E-state index contributed by atoms with van der Waals surface area (Å²) in [5.74, 6) is 0. The van der Waals surface area contributed by atoms with Crippen LogP contribution < -0.4 is 0 Å². The van der Waals surface area contributed by atoms with E-state index in [1.165, 1.54) is 57.8 Å². The number of hydrogen-bond acceptors (Lipinski definition) is 0.